The third kappa shape index (κ3) is 4.19. The largest absolute Gasteiger partial charge is 0.488 e. The van der Waals surface area contributed by atoms with Crippen LogP contribution in [0, 0.1) is 6.92 Å². The van der Waals surface area contributed by atoms with E-state index >= 15 is 0 Å². The summed E-state index contributed by atoms with van der Waals surface area (Å²) in [5.74, 6) is -0.423. The van der Waals surface area contributed by atoms with Crippen molar-refractivity contribution in [2.75, 3.05) is 0 Å². The second kappa shape index (κ2) is 8.52. The highest BCUT2D eigenvalue weighted by molar-refractivity contribution is 6.45. The first-order valence-corrected chi connectivity index (χ1v) is 9.95. The number of aromatic nitrogens is 1. The molecule has 152 valence electrons. The number of amides is 1. The molecule has 0 aliphatic rings. The van der Waals surface area contributed by atoms with Crippen LogP contribution >= 0.6 is 0 Å². The Bertz CT molecular complexity index is 1010. The number of ketones is 1. The highest BCUT2D eigenvalue weighted by atomic mass is 16.5. The Balaban J connectivity index is 1.99. The number of Topliss-reactive ketones (excluding diaryl/α,β-unsaturated/α-hetero) is 1. The van der Waals surface area contributed by atoms with Gasteiger partial charge < -0.3 is 14.6 Å². The van der Waals surface area contributed by atoms with Crippen molar-refractivity contribution in [1.29, 1.82) is 0 Å². The van der Waals surface area contributed by atoms with Gasteiger partial charge in [0.15, 0.2) is 0 Å². The summed E-state index contributed by atoms with van der Waals surface area (Å²) in [4.78, 5) is 30.9. The van der Waals surface area contributed by atoms with Gasteiger partial charge in [0.1, 0.15) is 12.4 Å². The molecular weight excluding hydrogens is 364 g/mol. The van der Waals surface area contributed by atoms with Crippen LogP contribution in [-0.2, 0) is 11.4 Å². The van der Waals surface area contributed by atoms with Crippen molar-refractivity contribution in [3.05, 3.63) is 65.4 Å². The van der Waals surface area contributed by atoms with Crippen molar-refractivity contribution in [1.82, 2.24) is 9.88 Å². The van der Waals surface area contributed by atoms with E-state index < -0.39 is 11.7 Å². The summed E-state index contributed by atoms with van der Waals surface area (Å²) in [5.41, 5.74) is 3.19. The number of ether oxygens (including phenoxy) is 1. The van der Waals surface area contributed by atoms with Gasteiger partial charge in [0.25, 0.3) is 11.7 Å². The Morgan fingerprint density at radius 3 is 2.28 bits per heavy atom. The maximum absolute atomic E-state index is 13.1. The Morgan fingerprint density at radius 1 is 1.00 bits per heavy atom. The fourth-order valence-corrected chi connectivity index (χ4v) is 3.69. The molecule has 0 aliphatic carbocycles. The molecule has 0 radical (unpaired) electrons. The molecule has 5 heteroatoms. The predicted molar refractivity (Wildman–Crippen MR) is 115 cm³/mol. The lowest BCUT2D eigenvalue weighted by Gasteiger charge is -2.30. The van der Waals surface area contributed by atoms with Gasteiger partial charge in [0.05, 0.1) is 16.5 Å². The van der Waals surface area contributed by atoms with Crippen molar-refractivity contribution >= 4 is 22.6 Å². The first-order chi connectivity index (χ1) is 13.8. The molecule has 1 heterocycles. The minimum Gasteiger partial charge on any atom is -0.488 e. The Morgan fingerprint density at radius 2 is 1.66 bits per heavy atom. The Hall–Kier alpha value is -3.08. The van der Waals surface area contributed by atoms with Gasteiger partial charge in [-0.15, -0.1) is 0 Å². The van der Waals surface area contributed by atoms with Crippen molar-refractivity contribution in [2.45, 2.75) is 53.3 Å². The van der Waals surface area contributed by atoms with E-state index in [1.54, 1.807) is 11.1 Å². The van der Waals surface area contributed by atoms with Crippen LogP contribution in [0.15, 0.2) is 48.7 Å². The third-order valence-corrected chi connectivity index (χ3v) is 5.03. The zero-order chi connectivity index (χ0) is 21.1. The van der Waals surface area contributed by atoms with Crippen LogP contribution in [0.2, 0.25) is 0 Å². The summed E-state index contributed by atoms with van der Waals surface area (Å²) >= 11 is 0. The molecule has 1 aromatic heterocycles. The summed E-state index contributed by atoms with van der Waals surface area (Å²) in [6.45, 7) is 10.0. The zero-order valence-corrected chi connectivity index (χ0v) is 17.7. The van der Waals surface area contributed by atoms with Gasteiger partial charge in [0, 0.05) is 18.3 Å². The van der Waals surface area contributed by atoms with E-state index in [-0.39, 0.29) is 12.1 Å². The van der Waals surface area contributed by atoms with Crippen LogP contribution in [0.3, 0.4) is 0 Å². The molecule has 0 saturated carbocycles. The summed E-state index contributed by atoms with van der Waals surface area (Å²) in [6.07, 6.45) is 1.62. The van der Waals surface area contributed by atoms with E-state index in [1.807, 2.05) is 77.1 Å². The number of H-pyrrole nitrogens is 1. The van der Waals surface area contributed by atoms with E-state index in [1.165, 1.54) is 0 Å². The van der Waals surface area contributed by atoms with Crippen molar-refractivity contribution in [2.24, 2.45) is 0 Å². The van der Waals surface area contributed by atoms with Crippen molar-refractivity contribution in [3.8, 4) is 5.75 Å². The fraction of sp³-hybridized carbons (Fsp3) is 0.333. The highest BCUT2D eigenvalue weighted by Gasteiger charge is 2.30. The average molecular weight is 392 g/mol. The normalized spacial score (nSPS) is 11.3. The SMILES string of the molecule is Cc1ccc(OCc2ccccc2)c2c(C(=O)C(=O)N(C(C)C)C(C)C)c[nH]c12. The van der Waals surface area contributed by atoms with Crippen LogP contribution in [-0.4, -0.2) is 33.7 Å². The van der Waals surface area contributed by atoms with Gasteiger partial charge in [-0.25, -0.2) is 0 Å². The van der Waals surface area contributed by atoms with Crippen LogP contribution in [0.25, 0.3) is 10.9 Å². The van der Waals surface area contributed by atoms with Gasteiger partial charge in [-0.05, 0) is 51.8 Å². The lowest BCUT2D eigenvalue weighted by Crippen LogP contribution is -2.45. The second-order valence-corrected chi connectivity index (χ2v) is 7.84. The average Bonchev–Trinajstić information content (AvgIpc) is 3.13. The van der Waals surface area contributed by atoms with Crippen LogP contribution in [0.4, 0.5) is 0 Å². The predicted octanol–water partition coefficient (Wildman–Crippen LogP) is 4.88. The number of carbonyl (C=O) groups is 2. The van der Waals surface area contributed by atoms with Crippen molar-refractivity contribution in [3.63, 3.8) is 0 Å². The molecule has 1 amide bonds. The number of rotatable bonds is 7. The van der Waals surface area contributed by atoms with Gasteiger partial charge >= 0.3 is 0 Å². The minimum absolute atomic E-state index is 0.0628. The van der Waals surface area contributed by atoms with E-state index in [9.17, 15) is 9.59 Å². The van der Waals surface area contributed by atoms with Gasteiger partial charge in [-0.2, -0.15) is 0 Å². The summed E-state index contributed by atoms with van der Waals surface area (Å²) in [5, 5.41) is 0.659. The first kappa shape index (κ1) is 20.6. The molecular formula is C24H28N2O3. The zero-order valence-electron chi connectivity index (χ0n) is 17.7. The van der Waals surface area contributed by atoms with Gasteiger partial charge in [-0.3, -0.25) is 9.59 Å². The number of aromatic amines is 1. The highest BCUT2D eigenvalue weighted by Crippen LogP contribution is 2.32. The fourth-order valence-electron chi connectivity index (χ4n) is 3.69. The molecule has 0 atom stereocenters. The standard InChI is InChI=1S/C24H28N2O3/c1-15(2)26(16(3)4)24(28)23(27)19-13-25-22-17(5)11-12-20(21(19)22)29-14-18-9-7-6-8-10-18/h6-13,15-16,25H,14H2,1-5H3. The summed E-state index contributed by atoms with van der Waals surface area (Å²) < 4.78 is 6.05. The number of carbonyl (C=O) groups excluding carboxylic acids is 2. The molecule has 0 aliphatic heterocycles. The van der Waals surface area contributed by atoms with E-state index in [2.05, 4.69) is 4.98 Å². The van der Waals surface area contributed by atoms with Gasteiger partial charge in [-0.1, -0.05) is 36.4 Å². The van der Waals surface area contributed by atoms with E-state index in [0.29, 0.717) is 23.3 Å². The van der Waals surface area contributed by atoms with Gasteiger partial charge in [0.2, 0.25) is 0 Å². The quantitative estimate of drug-likeness (QED) is 0.460. The number of hydrogen-bond donors (Lipinski definition) is 1. The van der Waals surface area contributed by atoms with Crippen LogP contribution in [0.5, 0.6) is 5.75 Å². The van der Waals surface area contributed by atoms with Crippen molar-refractivity contribution < 1.29 is 14.3 Å². The molecule has 5 nitrogen and oxygen atoms in total. The number of nitrogens with one attached hydrogen (secondary N) is 1. The van der Waals surface area contributed by atoms with E-state index in [0.717, 1.165) is 16.6 Å². The number of nitrogens with zero attached hydrogens (tertiary/aromatic N) is 1. The molecule has 0 spiro atoms. The molecule has 0 bridgehead atoms. The number of benzene rings is 2. The maximum atomic E-state index is 13.1. The lowest BCUT2D eigenvalue weighted by molar-refractivity contribution is -0.129. The molecule has 3 aromatic rings. The first-order valence-electron chi connectivity index (χ1n) is 9.95. The topological polar surface area (TPSA) is 62.4 Å². The summed E-state index contributed by atoms with van der Waals surface area (Å²) in [7, 11) is 0. The van der Waals surface area contributed by atoms with Crippen LogP contribution < -0.4 is 4.74 Å². The molecule has 0 fully saturated rings. The Kier molecular flexibility index (Phi) is 6.06. The number of fused-ring (bicyclic) bond motifs is 1. The molecule has 1 N–H and O–H groups in total. The summed E-state index contributed by atoms with van der Waals surface area (Å²) in [6, 6.07) is 13.5. The number of aryl methyl sites for hydroxylation is 1. The Labute approximate surface area is 171 Å². The van der Waals surface area contributed by atoms with E-state index in [4.69, 9.17) is 4.74 Å². The molecule has 0 saturated heterocycles. The second-order valence-electron chi connectivity index (χ2n) is 7.84. The third-order valence-electron chi connectivity index (χ3n) is 5.03. The number of hydrogen-bond acceptors (Lipinski definition) is 3. The molecule has 2 aromatic carbocycles. The lowest BCUT2D eigenvalue weighted by atomic mass is 10.0. The van der Waals surface area contributed by atoms with Crippen LogP contribution in [0.1, 0.15) is 49.2 Å². The molecule has 0 unspecified atom stereocenters. The smallest absolute Gasteiger partial charge is 0.295 e. The monoisotopic (exact) mass is 392 g/mol. The minimum atomic E-state index is -0.520. The molecule has 3 rings (SSSR count). The molecule has 29 heavy (non-hydrogen) atoms. The maximum Gasteiger partial charge on any atom is 0.295 e.